The molecule has 0 aliphatic heterocycles. The maximum atomic E-state index is 5.60. The Morgan fingerprint density at radius 2 is 1.93 bits per heavy atom. The Labute approximate surface area is 157 Å². The van der Waals surface area contributed by atoms with Crippen molar-refractivity contribution >= 4 is 16.9 Å². The predicted molar refractivity (Wildman–Crippen MR) is 106 cm³/mol. The van der Waals surface area contributed by atoms with Crippen LogP contribution in [0.2, 0.25) is 0 Å². The predicted octanol–water partition coefficient (Wildman–Crippen LogP) is 4.39. The topological polar surface area (TPSA) is 64.9 Å². The third kappa shape index (κ3) is 3.46. The minimum Gasteiger partial charge on any atom is -0.494 e. The molecule has 136 valence electrons. The maximum Gasteiger partial charge on any atom is 0.168 e. The Bertz CT molecular complexity index is 1040. The van der Waals surface area contributed by atoms with Crippen molar-refractivity contribution in [2.24, 2.45) is 0 Å². The number of fused-ring (bicyclic) bond motifs is 1. The first-order valence-electron chi connectivity index (χ1n) is 8.99. The minimum atomic E-state index is 0.0589. The number of nitrogens with zero attached hydrogens (tertiary/aromatic N) is 4. The first-order chi connectivity index (χ1) is 13.3. The summed E-state index contributed by atoms with van der Waals surface area (Å²) in [5.74, 6) is 1.63. The third-order valence-electron chi connectivity index (χ3n) is 4.39. The van der Waals surface area contributed by atoms with E-state index >= 15 is 0 Å². The maximum absolute atomic E-state index is 5.60. The SMILES string of the molecule is CCOc1cccc(C(C)Nc2ncnc3c2cnn3-c2ccccc2)c1. The molecule has 27 heavy (non-hydrogen) atoms. The number of aromatic nitrogens is 4. The van der Waals surface area contributed by atoms with Gasteiger partial charge in [0, 0.05) is 0 Å². The lowest BCUT2D eigenvalue weighted by Gasteiger charge is -2.16. The van der Waals surface area contributed by atoms with Crippen molar-refractivity contribution < 1.29 is 4.74 Å². The fraction of sp³-hybridized carbons (Fsp3) is 0.190. The van der Waals surface area contributed by atoms with Crippen LogP contribution in [-0.4, -0.2) is 26.4 Å². The molecule has 0 aliphatic carbocycles. The largest absolute Gasteiger partial charge is 0.494 e. The van der Waals surface area contributed by atoms with E-state index in [0.29, 0.717) is 6.61 Å². The average molecular weight is 359 g/mol. The molecule has 4 rings (SSSR count). The van der Waals surface area contributed by atoms with Crippen LogP contribution >= 0.6 is 0 Å². The summed E-state index contributed by atoms with van der Waals surface area (Å²) in [6.07, 6.45) is 3.36. The van der Waals surface area contributed by atoms with Crippen LogP contribution in [-0.2, 0) is 0 Å². The van der Waals surface area contributed by atoms with E-state index in [1.54, 1.807) is 12.5 Å². The van der Waals surface area contributed by atoms with Crippen molar-refractivity contribution in [1.29, 1.82) is 0 Å². The Balaban J connectivity index is 1.65. The van der Waals surface area contributed by atoms with Crippen LogP contribution < -0.4 is 10.1 Å². The zero-order chi connectivity index (χ0) is 18.6. The molecule has 2 aromatic carbocycles. The molecular weight excluding hydrogens is 338 g/mol. The second-order valence-corrected chi connectivity index (χ2v) is 6.22. The van der Waals surface area contributed by atoms with E-state index in [4.69, 9.17) is 4.74 Å². The van der Waals surface area contributed by atoms with Crippen LogP contribution in [0.15, 0.2) is 67.1 Å². The molecule has 0 spiro atoms. The quantitative estimate of drug-likeness (QED) is 0.553. The highest BCUT2D eigenvalue weighted by Gasteiger charge is 2.14. The summed E-state index contributed by atoms with van der Waals surface area (Å²) < 4.78 is 7.42. The van der Waals surface area contributed by atoms with E-state index in [2.05, 4.69) is 33.4 Å². The van der Waals surface area contributed by atoms with Crippen LogP contribution in [0.25, 0.3) is 16.7 Å². The fourth-order valence-electron chi connectivity index (χ4n) is 3.05. The second-order valence-electron chi connectivity index (χ2n) is 6.22. The summed E-state index contributed by atoms with van der Waals surface area (Å²) in [6.45, 7) is 4.73. The number of para-hydroxylation sites is 1. The normalized spacial score (nSPS) is 12.1. The molecule has 1 N–H and O–H groups in total. The van der Waals surface area contributed by atoms with Gasteiger partial charge in [0.2, 0.25) is 0 Å². The molecule has 0 radical (unpaired) electrons. The molecule has 6 heteroatoms. The molecule has 1 atom stereocenters. The molecule has 0 saturated heterocycles. The van der Waals surface area contributed by atoms with Gasteiger partial charge in [-0.15, -0.1) is 0 Å². The van der Waals surface area contributed by atoms with Crippen molar-refractivity contribution in [3.63, 3.8) is 0 Å². The van der Waals surface area contributed by atoms with E-state index in [1.165, 1.54) is 0 Å². The van der Waals surface area contributed by atoms with Gasteiger partial charge in [0.05, 0.1) is 29.9 Å². The van der Waals surface area contributed by atoms with Gasteiger partial charge >= 0.3 is 0 Å². The van der Waals surface area contributed by atoms with Crippen LogP contribution in [0.4, 0.5) is 5.82 Å². The third-order valence-corrected chi connectivity index (χ3v) is 4.39. The van der Waals surface area contributed by atoms with Gasteiger partial charge in [-0.05, 0) is 43.7 Å². The first-order valence-corrected chi connectivity index (χ1v) is 8.99. The van der Waals surface area contributed by atoms with E-state index in [-0.39, 0.29) is 6.04 Å². The second kappa shape index (κ2) is 7.45. The van der Waals surface area contributed by atoms with Crippen LogP contribution in [0, 0.1) is 0 Å². The lowest BCUT2D eigenvalue weighted by molar-refractivity contribution is 0.340. The highest BCUT2D eigenvalue weighted by Crippen LogP contribution is 2.26. The van der Waals surface area contributed by atoms with Gasteiger partial charge < -0.3 is 10.1 Å². The Hall–Kier alpha value is -3.41. The summed E-state index contributed by atoms with van der Waals surface area (Å²) in [4.78, 5) is 8.86. The van der Waals surface area contributed by atoms with E-state index in [9.17, 15) is 0 Å². The Kier molecular flexibility index (Phi) is 4.70. The molecule has 0 amide bonds. The van der Waals surface area contributed by atoms with Gasteiger partial charge in [0.25, 0.3) is 0 Å². The highest BCUT2D eigenvalue weighted by molar-refractivity contribution is 5.87. The molecule has 0 bridgehead atoms. The summed E-state index contributed by atoms with van der Waals surface area (Å²) >= 11 is 0. The zero-order valence-electron chi connectivity index (χ0n) is 15.3. The van der Waals surface area contributed by atoms with E-state index < -0.39 is 0 Å². The molecule has 2 heterocycles. The van der Waals surface area contributed by atoms with E-state index in [1.807, 2.05) is 60.1 Å². The molecule has 2 aromatic heterocycles. The lowest BCUT2D eigenvalue weighted by atomic mass is 10.1. The van der Waals surface area contributed by atoms with Gasteiger partial charge in [-0.25, -0.2) is 14.6 Å². The number of hydrogen-bond donors (Lipinski definition) is 1. The summed E-state index contributed by atoms with van der Waals surface area (Å²) in [6, 6.07) is 18.1. The standard InChI is InChI=1S/C21H21N5O/c1-3-27-18-11-7-8-16(12-18)15(2)25-20-19-13-24-26(21(19)23-14-22-20)17-9-5-4-6-10-17/h4-15H,3H2,1-2H3,(H,22,23,25). The van der Waals surface area contributed by atoms with Crippen LogP contribution in [0.5, 0.6) is 5.75 Å². The summed E-state index contributed by atoms with van der Waals surface area (Å²) in [5, 5.41) is 8.86. The van der Waals surface area contributed by atoms with Crippen molar-refractivity contribution in [1.82, 2.24) is 19.7 Å². The average Bonchev–Trinajstić information content (AvgIpc) is 3.14. The van der Waals surface area contributed by atoms with E-state index in [0.717, 1.165) is 33.9 Å². The highest BCUT2D eigenvalue weighted by atomic mass is 16.5. The zero-order valence-corrected chi connectivity index (χ0v) is 15.3. The molecule has 0 fully saturated rings. The molecule has 1 unspecified atom stereocenters. The molecule has 6 nitrogen and oxygen atoms in total. The van der Waals surface area contributed by atoms with Gasteiger partial charge in [-0.3, -0.25) is 0 Å². The number of hydrogen-bond acceptors (Lipinski definition) is 5. The van der Waals surface area contributed by atoms with Crippen molar-refractivity contribution in [3.8, 4) is 11.4 Å². The van der Waals surface area contributed by atoms with Crippen molar-refractivity contribution in [3.05, 3.63) is 72.7 Å². The van der Waals surface area contributed by atoms with Crippen molar-refractivity contribution in [2.45, 2.75) is 19.9 Å². The Morgan fingerprint density at radius 3 is 2.74 bits per heavy atom. The van der Waals surface area contributed by atoms with Crippen LogP contribution in [0.3, 0.4) is 0 Å². The fourth-order valence-corrected chi connectivity index (χ4v) is 3.05. The number of rotatable bonds is 6. The smallest absolute Gasteiger partial charge is 0.168 e. The molecule has 4 aromatic rings. The van der Waals surface area contributed by atoms with Crippen molar-refractivity contribution in [2.75, 3.05) is 11.9 Å². The number of ether oxygens (including phenoxy) is 1. The van der Waals surface area contributed by atoms with Gasteiger partial charge in [-0.2, -0.15) is 5.10 Å². The molecular formula is C21H21N5O. The van der Waals surface area contributed by atoms with Crippen LogP contribution in [0.1, 0.15) is 25.5 Å². The van der Waals surface area contributed by atoms with Gasteiger partial charge in [0.15, 0.2) is 5.65 Å². The van der Waals surface area contributed by atoms with Gasteiger partial charge in [0.1, 0.15) is 17.9 Å². The number of benzene rings is 2. The number of nitrogens with one attached hydrogen (secondary N) is 1. The van der Waals surface area contributed by atoms with Gasteiger partial charge in [-0.1, -0.05) is 30.3 Å². The minimum absolute atomic E-state index is 0.0589. The number of anilines is 1. The summed E-state index contributed by atoms with van der Waals surface area (Å²) in [7, 11) is 0. The molecule has 0 saturated carbocycles. The lowest BCUT2D eigenvalue weighted by Crippen LogP contribution is -2.09. The molecule has 0 aliphatic rings. The first kappa shape index (κ1) is 17.0. The summed E-state index contributed by atoms with van der Waals surface area (Å²) in [5.41, 5.74) is 2.87. The monoisotopic (exact) mass is 359 g/mol. The Morgan fingerprint density at radius 1 is 1.07 bits per heavy atom.